The van der Waals surface area contributed by atoms with E-state index in [1.165, 1.54) is 12.1 Å². The second-order valence-electron chi connectivity index (χ2n) is 7.00. The number of aromatic nitrogens is 4. The maximum Gasteiger partial charge on any atom is 0.257 e. The molecule has 8 nitrogen and oxygen atoms in total. The van der Waals surface area contributed by atoms with Crippen molar-refractivity contribution in [3.63, 3.8) is 0 Å². The monoisotopic (exact) mass is 444 g/mol. The van der Waals surface area contributed by atoms with E-state index < -0.39 is 5.82 Å². The number of ether oxygens (including phenoxy) is 2. The molecule has 162 valence electrons. The second-order valence-corrected chi connectivity index (χ2v) is 7.36. The molecule has 0 spiro atoms. The molecule has 31 heavy (non-hydrogen) atoms. The predicted octanol–water partition coefficient (Wildman–Crippen LogP) is 3.75. The zero-order valence-corrected chi connectivity index (χ0v) is 17.7. The Hall–Kier alpha value is -3.20. The second kappa shape index (κ2) is 9.30. The van der Waals surface area contributed by atoms with Crippen molar-refractivity contribution < 1.29 is 13.9 Å². The third-order valence-corrected chi connectivity index (χ3v) is 5.11. The molecule has 3 aromatic rings. The number of pyridine rings is 2. The standard InChI is InChI=1S/C21H22ClFN6O2/c1-2-30-16-6-3-9-25-21(16)31-13-5-4-10-29(12-13)17-11-26-18(20(24)28-17)15-8-7-14(23)19(22)27-15/h3,6-9,11,13H,2,4-5,10,12H2,1H3,(H2,24,28). The van der Waals surface area contributed by atoms with Gasteiger partial charge in [-0.2, -0.15) is 0 Å². The fraction of sp³-hybridized carbons (Fsp3) is 0.333. The highest BCUT2D eigenvalue weighted by molar-refractivity contribution is 6.29. The number of nitrogens with two attached hydrogens (primary N) is 1. The molecule has 0 amide bonds. The van der Waals surface area contributed by atoms with Crippen molar-refractivity contribution in [3.05, 3.63) is 47.6 Å². The first-order valence-corrected chi connectivity index (χ1v) is 10.4. The summed E-state index contributed by atoms with van der Waals surface area (Å²) < 4.78 is 25.1. The summed E-state index contributed by atoms with van der Waals surface area (Å²) in [4.78, 5) is 19.2. The molecule has 1 aliphatic heterocycles. The molecule has 4 heterocycles. The van der Waals surface area contributed by atoms with Crippen LogP contribution in [0, 0.1) is 5.82 Å². The molecule has 0 radical (unpaired) electrons. The maximum atomic E-state index is 13.4. The highest BCUT2D eigenvalue weighted by Crippen LogP contribution is 2.29. The quantitative estimate of drug-likeness (QED) is 0.574. The summed E-state index contributed by atoms with van der Waals surface area (Å²) >= 11 is 5.77. The van der Waals surface area contributed by atoms with E-state index in [2.05, 4.69) is 24.8 Å². The molecule has 1 atom stereocenters. The Morgan fingerprint density at radius 1 is 1.26 bits per heavy atom. The summed E-state index contributed by atoms with van der Waals surface area (Å²) in [5, 5.41) is -0.236. The van der Waals surface area contributed by atoms with Gasteiger partial charge in [0.2, 0.25) is 0 Å². The molecule has 2 N–H and O–H groups in total. The summed E-state index contributed by atoms with van der Waals surface area (Å²) in [6.45, 7) is 3.86. The fourth-order valence-corrected chi connectivity index (χ4v) is 3.58. The SMILES string of the molecule is CCOc1cccnc1OC1CCCN(c2cnc(-c3ccc(F)c(Cl)n3)c(N)n2)C1. The van der Waals surface area contributed by atoms with Crippen LogP contribution in [0.3, 0.4) is 0 Å². The summed E-state index contributed by atoms with van der Waals surface area (Å²) in [6.07, 6.45) is 5.03. The van der Waals surface area contributed by atoms with Crippen LogP contribution in [0.25, 0.3) is 11.4 Å². The number of halogens is 2. The van der Waals surface area contributed by atoms with Gasteiger partial charge in [0.1, 0.15) is 17.6 Å². The van der Waals surface area contributed by atoms with Gasteiger partial charge >= 0.3 is 0 Å². The van der Waals surface area contributed by atoms with E-state index in [-0.39, 0.29) is 17.1 Å². The van der Waals surface area contributed by atoms with E-state index in [4.69, 9.17) is 26.8 Å². The topological polar surface area (TPSA) is 99.3 Å². The Kier molecular flexibility index (Phi) is 6.31. The van der Waals surface area contributed by atoms with Gasteiger partial charge < -0.3 is 20.1 Å². The molecule has 1 fully saturated rings. The van der Waals surface area contributed by atoms with E-state index in [0.717, 1.165) is 19.4 Å². The van der Waals surface area contributed by atoms with Crippen LogP contribution in [0.5, 0.6) is 11.6 Å². The molecule has 0 bridgehead atoms. The lowest BCUT2D eigenvalue weighted by molar-refractivity contribution is 0.162. The maximum absolute atomic E-state index is 13.4. The van der Waals surface area contributed by atoms with Gasteiger partial charge in [-0.25, -0.2) is 24.3 Å². The van der Waals surface area contributed by atoms with Crippen LogP contribution in [0.1, 0.15) is 19.8 Å². The molecule has 10 heteroatoms. The number of hydrogen-bond donors (Lipinski definition) is 1. The first kappa shape index (κ1) is 21.0. The Morgan fingerprint density at radius 3 is 2.90 bits per heavy atom. The predicted molar refractivity (Wildman–Crippen MR) is 116 cm³/mol. The highest BCUT2D eigenvalue weighted by Gasteiger charge is 2.25. The van der Waals surface area contributed by atoms with E-state index in [9.17, 15) is 4.39 Å². The molecule has 4 rings (SSSR count). The normalized spacial score (nSPS) is 16.2. The van der Waals surface area contributed by atoms with Crippen molar-refractivity contribution in [1.82, 2.24) is 19.9 Å². The van der Waals surface area contributed by atoms with Gasteiger partial charge in [0.05, 0.1) is 25.0 Å². The van der Waals surface area contributed by atoms with Crippen LogP contribution in [0.4, 0.5) is 16.0 Å². The largest absolute Gasteiger partial charge is 0.488 e. The molecule has 3 aromatic heterocycles. The number of anilines is 2. The average Bonchev–Trinajstić information content (AvgIpc) is 2.77. The van der Waals surface area contributed by atoms with Crippen LogP contribution < -0.4 is 20.1 Å². The van der Waals surface area contributed by atoms with Crippen molar-refractivity contribution in [2.24, 2.45) is 0 Å². The molecule has 1 aliphatic rings. The average molecular weight is 445 g/mol. The Bertz CT molecular complexity index is 1070. The van der Waals surface area contributed by atoms with E-state index in [1.54, 1.807) is 12.4 Å². The number of nitrogens with zero attached hydrogens (tertiary/aromatic N) is 5. The van der Waals surface area contributed by atoms with Gasteiger partial charge in [0.25, 0.3) is 5.88 Å². The Morgan fingerprint density at radius 2 is 2.13 bits per heavy atom. The van der Waals surface area contributed by atoms with Gasteiger partial charge in [0, 0.05) is 12.7 Å². The van der Waals surface area contributed by atoms with E-state index in [1.807, 2.05) is 19.1 Å². The summed E-state index contributed by atoms with van der Waals surface area (Å²) in [7, 11) is 0. The van der Waals surface area contributed by atoms with Gasteiger partial charge in [-0.3, -0.25) is 0 Å². The Labute approximate surface area is 184 Å². The minimum absolute atomic E-state index is 0.0804. The molecule has 1 unspecified atom stereocenters. The first-order chi connectivity index (χ1) is 15.0. The van der Waals surface area contributed by atoms with Gasteiger partial charge in [-0.05, 0) is 44.0 Å². The lowest BCUT2D eigenvalue weighted by Crippen LogP contribution is -2.41. The lowest BCUT2D eigenvalue weighted by Gasteiger charge is -2.33. The third-order valence-electron chi connectivity index (χ3n) is 4.85. The van der Waals surface area contributed by atoms with Gasteiger partial charge in [0.15, 0.2) is 22.5 Å². The van der Waals surface area contributed by atoms with Crippen molar-refractivity contribution in [3.8, 4) is 23.0 Å². The summed E-state index contributed by atoms with van der Waals surface area (Å²) in [5.74, 6) is 1.33. The van der Waals surface area contributed by atoms with Crippen molar-refractivity contribution in [2.75, 3.05) is 30.3 Å². The lowest BCUT2D eigenvalue weighted by atomic mass is 10.1. The Balaban J connectivity index is 1.49. The summed E-state index contributed by atoms with van der Waals surface area (Å²) in [5.41, 5.74) is 6.84. The van der Waals surface area contributed by atoms with Gasteiger partial charge in [-0.1, -0.05) is 11.6 Å². The van der Waals surface area contributed by atoms with Crippen LogP contribution in [-0.2, 0) is 0 Å². The first-order valence-electron chi connectivity index (χ1n) is 9.99. The number of piperidine rings is 1. The molecule has 0 aliphatic carbocycles. The molecule has 1 saturated heterocycles. The highest BCUT2D eigenvalue weighted by atomic mass is 35.5. The minimum Gasteiger partial charge on any atom is -0.488 e. The van der Waals surface area contributed by atoms with Crippen molar-refractivity contribution >= 4 is 23.2 Å². The van der Waals surface area contributed by atoms with Crippen LogP contribution in [-0.4, -0.2) is 45.7 Å². The number of hydrogen-bond acceptors (Lipinski definition) is 8. The number of nitrogen functional groups attached to an aromatic ring is 1. The molecular formula is C21H22ClFN6O2. The zero-order chi connectivity index (χ0) is 21.8. The van der Waals surface area contributed by atoms with Crippen molar-refractivity contribution in [1.29, 1.82) is 0 Å². The van der Waals surface area contributed by atoms with E-state index in [0.29, 0.717) is 42.0 Å². The van der Waals surface area contributed by atoms with Crippen LogP contribution in [0.15, 0.2) is 36.7 Å². The number of rotatable bonds is 6. The smallest absolute Gasteiger partial charge is 0.257 e. The van der Waals surface area contributed by atoms with E-state index >= 15 is 0 Å². The summed E-state index contributed by atoms with van der Waals surface area (Å²) in [6, 6.07) is 6.34. The molecule has 0 saturated carbocycles. The van der Waals surface area contributed by atoms with Crippen molar-refractivity contribution in [2.45, 2.75) is 25.9 Å². The third kappa shape index (κ3) is 4.77. The zero-order valence-electron chi connectivity index (χ0n) is 17.0. The van der Waals surface area contributed by atoms with Crippen LogP contribution >= 0.6 is 11.6 Å². The van der Waals surface area contributed by atoms with Crippen LogP contribution in [0.2, 0.25) is 5.15 Å². The molecular weight excluding hydrogens is 423 g/mol. The van der Waals surface area contributed by atoms with Gasteiger partial charge in [-0.15, -0.1) is 0 Å². The molecule has 0 aromatic carbocycles. The minimum atomic E-state index is -0.603. The fourth-order valence-electron chi connectivity index (χ4n) is 3.42.